The van der Waals surface area contributed by atoms with Crippen molar-refractivity contribution in [3.05, 3.63) is 34.4 Å². The molecule has 0 amide bonds. The van der Waals surface area contributed by atoms with Crippen LogP contribution in [-0.2, 0) is 5.75 Å². The van der Waals surface area contributed by atoms with E-state index in [4.69, 9.17) is 0 Å². The van der Waals surface area contributed by atoms with Crippen molar-refractivity contribution in [2.24, 2.45) is 0 Å². The molecule has 1 aromatic heterocycles. The molecule has 0 atom stereocenters. The number of rotatable bonds is 2. The van der Waals surface area contributed by atoms with E-state index in [9.17, 15) is 0 Å². The van der Waals surface area contributed by atoms with Gasteiger partial charge in [-0.05, 0) is 30.0 Å². The molecule has 0 spiro atoms. The van der Waals surface area contributed by atoms with Crippen molar-refractivity contribution in [3.63, 3.8) is 0 Å². The Balaban J connectivity index is 2.58. The van der Waals surface area contributed by atoms with Crippen LogP contribution in [0.5, 0.6) is 0 Å². The van der Waals surface area contributed by atoms with E-state index in [1.54, 1.807) is 0 Å². The molecule has 2 rings (SSSR count). The number of benzene rings is 1. The fraction of sp³-hybridized carbons (Fsp3) is 0.200. The lowest BCUT2D eigenvalue weighted by Gasteiger charge is -1.95. The number of halogens is 1. The van der Waals surface area contributed by atoms with E-state index in [-0.39, 0.29) is 0 Å². The summed E-state index contributed by atoms with van der Waals surface area (Å²) >= 11 is 5.33. The van der Waals surface area contributed by atoms with Gasteiger partial charge in [0.15, 0.2) is 0 Å². The number of hydrogen-bond acceptors (Lipinski definition) is 1. The standard InChI is InChI=1S/C10H10BrNS/c1-13-6-7-5-12-10-3-2-8(11)4-9(7)10/h2-5,12H,6H2,1H3. The largest absolute Gasteiger partial charge is 0.361 e. The van der Waals surface area contributed by atoms with Crippen LogP contribution in [0.2, 0.25) is 0 Å². The molecular formula is C10H10BrNS. The second-order valence-electron chi connectivity index (χ2n) is 2.94. The second kappa shape index (κ2) is 3.76. The molecule has 13 heavy (non-hydrogen) atoms. The smallest absolute Gasteiger partial charge is 0.0457 e. The molecule has 1 aromatic carbocycles. The molecule has 1 nitrogen and oxygen atoms in total. The minimum atomic E-state index is 1.07. The predicted molar refractivity (Wildman–Crippen MR) is 63.2 cm³/mol. The van der Waals surface area contributed by atoms with Crippen LogP contribution >= 0.6 is 27.7 Å². The lowest BCUT2D eigenvalue weighted by molar-refractivity contribution is 1.40. The Bertz CT molecular complexity index is 422. The molecule has 3 heteroatoms. The second-order valence-corrected chi connectivity index (χ2v) is 4.72. The third-order valence-electron chi connectivity index (χ3n) is 2.03. The van der Waals surface area contributed by atoms with E-state index >= 15 is 0 Å². The molecule has 1 N–H and O–H groups in total. The Morgan fingerprint density at radius 2 is 2.31 bits per heavy atom. The number of hydrogen-bond donors (Lipinski definition) is 1. The summed E-state index contributed by atoms with van der Waals surface area (Å²) in [4.78, 5) is 3.27. The van der Waals surface area contributed by atoms with Crippen LogP contribution in [0, 0.1) is 0 Å². The summed E-state index contributed by atoms with van der Waals surface area (Å²) < 4.78 is 1.14. The van der Waals surface area contributed by atoms with Crippen LogP contribution in [0.25, 0.3) is 10.9 Å². The summed E-state index contributed by atoms with van der Waals surface area (Å²) in [6.45, 7) is 0. The zero-order valence-electron chi connectivity index (χ0n) is 7.30. The summed E-state index contributed by atoms with van der Waals surface area (Å²) in [5.41, 5.74) is 2.59. The zero-order valence-corrected chi connectivity index (χ0v) is 9.71. The van der Waals surface area contributed by atoms with Gasteiger partial charge < -0.3 is 4.98 Å². The van der Waals surface area contributed by atoms with Crippen LogP contribution in [0.1, 0.15) is 5.56 Å². The van der Waals surface area contributed by atoms with Gasteiger partial charge in [-0.25, -0.2) is 0 Å². The highest BCUT2D eigenvalue weighted by atomic mass is 79.9. The van der Waals surface area contributed by atoms with Crippen molar-refractivity contribution in [1.82, 2.24) is 4.98 Å². The number of H-pyrrole nitrogens is 1. The van der Waals surface area contributed by atoms with E-state index in [1.165, 1.54) is 16.5 Å². The summed E-state index contributed by atoms with van der Waals surface area (Å²) in [5.74, 6) is 1.07. The molecule has 1 heterocycles. The normalized spacial score (nSPS) is 10.9. The lowest BCUT2D eigenvalue weighted by atomic mass is 10.2. The summed E-state index contributed by atoms with van der Waals surface area (Å²) in [6, 6.07) is 6.32. The lowest BCUT2D eigenvalue weighted by Crippen LogP contribution is -1.75. The van der Waals surface area contributed by atoms with Crippen LogP contribution in [0.4, 0.5) is 0 Å². The minimum Gasteiger partial charge on any atom is -0.361 e. The average molecular weight is 256 g/mol. The van der Waals surface area contributed by atoms with Gasteiger partial charge in [0.05, 0.1) is 0 Å². The number of nitrogens with one attached hydrogen (secondary N) is 1. The van der Waals surface area contributed by atoms with Gasteiger partial charge in [0.25, 0.3) is 0 Å². The quantitative estimate of drug-likeness (QED) is 0.864. The molecule has 0 unspecified atom stereocenters. The highest BCUT2D eigenvalue weighted by Crippen LogP contribution is 2.24. The van der Waals surface area contributed by atoms with Crippen molar-refractivity contribution < 1.29 is 0 Å². The Morgan fingerprint density at radius 3 is 3.08 bits per heavy atom. The first-order valence-corrected chi connectivity index (χ1v) is 6.24. The molecule has 0 bridgehead atoms. The van der Waals surface area contributed by atoms with Gasteiger partial charge in [-0.15, -0.1) is 0 Å². The molecule has 0 aliphatic carbocycles. The Hall–Kier alpha value is -0.410. The SMILES string of the molecule is CSCc1c[nH]c2ccc(Br)cc12. The molecule has 2 aromatic rings. The number of aromatic nitrogens is 1. The van der Waals surface area contributed by atoms with E-state index in [0.717, 1.165) is 10.2 Å². The summed E-state index contributed by atoms with van der Waals surface area (Å²) in [6.07, 6.45) is 4.21. The highest BCUT2D eigenvalue weighted by molar-refractivity contribution is 9.10. The van der Waals surface area contributed by atoms with Crippen molar-refractivity contribution in [2.45, 2.75) is 5.75 Å². The maximum absolute atomic E-state index is 3.48. The predicted octanol–water partition coefficient (Wildman–Crippen LogP) is 3.79. The first-order valence-electron chi connectivity index (χ1n) is 4.05. The molecule has 68 valence electrons. The molecule has 0 aliphatic rings. The Labute approximate surface area is 90.0 Å². The van der Waals surface area contributed by atoms with Crippen LogP contribution < -0.4 is 0 Å². The third-order valence-corrected chi connectivity index (χ3v) is 3.12. The first kappa shape index (κ1) is 9.16. The van der Waals surface area contributed by atoms with Crippen molar-refractivity contribution in [1.29, 1.82) is 0 Å². The highest BCUT2D eigenvalue weighted by Gasteiger charge is 2.02. The van der Waals surface area contributed by atoms with E-state index in [1.807, 2.05) is 11.8 Å². The van der Waals surface area contributed by atoms with Crippen LogP contribution in [0.3, 0.4) is 0 Å². The first-order chi connectivity index (χ1) is 6.31. The molecule has 0 saturated carbocycles. The topological polar surface area (TPSA) is 15.8 Å². The number of fused-ring (bicyclic) bond motifs is 1. The van der Waals surface area contributed by atoms with E-state index in [0.29, 0.717) is 0 Å². The van der Waals surface area contributed by atoms with Crippen molar-refractivity contribution in [2.75, 3.05) is 6.26 Å². The molecule has 0 fully saturated rings. The van der Waals surface area contributed by atoms with Gasteiger partial charge in [-0.2, -0.15) is 11.8 Å². The Kier molecular flexibility index (Phi) is 2.65. The van der Waals surface area contributed by atoms with Gasteiger partial charge in [-0.1, -0.05) is 15.9 Å². The van der Waals surface area contributed by atoms with Gasteiger partial charge in [0.1, 0.15) is 0 Å². The van der Waals surface area contributed by atoms with Gasteiger partial charge in [0.2, 0.25) is 0 Å². The monoisotopic (exact) mass is 255 g/mol. The average Bonchev–Trinajstić information content (AvgIpc) is 2.49. The van der Waals surface area contributed by atoms with Crippen LogP contribution in [0.15, 0.2) is 28.9 Å². The number of aromatic amines is 1. The van der Waals surface area contributed by atoms with E-state index < -0.39 is 0 Å². The molecule has 0 saturated heterocycles. The van der Waals surface area contributed by atoms with Crippen molar-refractivity contribution in [3.8, 4) is 0 Å². The maximum Gasteiger partial charge on any atom is 0.0457 e. The fourth-order valence-corrected chi connectivity index (χ4v) is 2.34. The maximum atomic E-state index is 3.48. The molecule has 0 aliphatic heterocycles. The van der Waals surface area contributed by atoms with Crippen molar-refractivity contribution >= 4 is 38.6 Å². The van der Waals surface area contributed by atoms with Gasteiger partial charge >= 0.3 is 0 Å². The van der Waals surface area contributed by atoms with Crippen LogP contribution in [-0.4, -0.2) is 11.2 Å². The Morgan fingerprint density at radius 1 is 1.46 bits per heavy atom. The van der Waals surface area contributed by atoms with E-state index in [2.05, 4.69) is 51.6 Å². The molecular weight excluding hydrogens is 246 g/mol. The fourth-order valence-electron chi connectivity index (χ4n) is 1.43. The minimum absolute atomic E-state index is 1.07. The number of thioether (sulfide) groups is 1. The summed E-state index contributed by atoms with van der Waals surface area (Å²) in [5, 5.41) is 1.32. The molecule has 0 radical (unpaired) electrons. The third kappa shape index (κ3) is 1.76. The van der Waals surface area contributed by atoms with Gasteiger partial charge in [-0.3, -0.25) is 0 Å². The summed E-state index contributed by atoms with van der Waals surface area (Å²) in [7, 11) is 0. The zero-order chi connectivity index (χ0) is 9.26. The van der Waals surface area contributed by atoms with Gasteiger partial charge in [0, 0.05) is 27.3 Å².